The van der Waals surface area contributed by atoms with Crippen LogP contribution in [-0.4, -0.2) is 38.0 Å². The van der Waals surface area contributed by atoms with Gasteiger partial charge in [0.25, 0.3) is 0 Å². The van der Waals surface area contributed by atoms with E-state index in [0.29, 0.717) is 30.5 Å². The summed E-state index contributed by atoms with van der Waals surface area (Å²) in [6.07, 6.45) is 3.43. The first-order valence-corrected chi connectivity index (χ1v) is 9.94. The predicted molar refractivity (Wildman–Crippen MR) is 111 cm³/mol. The molecule has 1 aliphatic heterocycles. The van der Waals surface area contributed by atoms with Crippen LogP contribution in [0.5, 0.6) is 0 Å². The molecule has 1 saturated heterocycles. The minimum absolute atomic E-state index is 0.0554. The second-order valence-corrected chi connectivity index (χ2v) is 8.51. The zero-order chi connectivity index (χ0) is 21.3. The van der Waals surface area contributed by atoms with E-state index in [1.807, 2.05) is 30.3 Å². The number of rotatable bonds is 5. The topological polar surface area (TPSA) is 93.3 Å². The molecule has 4 rings (SSSR count). The summed E-state index contributed by atoms with van der Waals surface area (Å²) in [5.41, 5.74) is 0.647. The van der Waals surface area contributed by atoms with E-state index in [1.165, 1.54) is 0 Å². The van der Waals surface area contributed by atoms with E-state index in [0.717, 1.165) is 5.69 Å². The molecular weight excluding hydrogens is 382 g/mol. The molecule has 2 amide bonds. The van der Waals surface area contributed by atoms with E-state index in [9.17, 15) is 9.59 Å². The van der Waals surface area contributed by atoms with Gasteiger partial charge in [0, 0.05) is 30.6 Å². The third-order valence-electron chi connectivity index (χ3n) is 5.11. The Morgan fingerprint density at radius 2 is 2.10 bits per heavy atom. The summed E-state index contributed by atoms with van der Waals surface area (Å²) in [6, 6.07) is 11.0. The summed E-state index contributed by atoms with van der Waals surface area (Å²) in [5, 5.41) is 7.62. The molecule has 3 aromatic heterocycles. The molecule has 0 bridgehead atoms. The van der Waals surface area contributed by atoms with Crippen LogP contribution in [0.4, 0.5) is 5.82 Å². The number of anilines is 1. The lowest BCUT2D eigenvalue weighted by Gasteiger charge is -2.15. The van der Waals surface area contributed by atoms with Crippen molar-refractivity contribution in [3.63, 3.8) is 0 Å². The van der Waals surface area contributed by atoms with Crippen LogP contribution in [-0.2, 0) is 21.5 Å². The normalized spacial score (nSPS) is 16.8. The monoisotopic (exact) mass is 407 g/mol. The van der Waals surface area contributed by atoms with E-state index in [2.05, 4.69) is 36.2 Å². The SMILES string of the molecule is CC(C)(C)c1cc(NC(=O)C2CC(=O)N(Cc3ccco3)C2)n(-c2ccccn2)n1. The number of carbonyl (C=O) groups excluding carboxylic acids is 2. The predicted octanol–water partition coefficient (Wildman–Crippen LogP) is 3.15. The second-order valence-electron chi connectivity index (χ2n) is 8.51. The van der Waals surface area contributed by atoms with Crippen molar-refractivity contribution in [2.45, 2.75) is 39.2 Å². The van der Waals surface area contributed by atoms with Gasteiger partial charge in [-0.15, -0.1) is 0 Å². The van der Waals surface area contributed by atoms with E-state index in [1.54, 1.807) is 28.1 Å². The minimum atomic E-state index is -0.433. The lowest BCUT2D eigenvalue weighted by molar-refractivity contribution is -0.128. The van der Waals surface area contributed by atoms with Gasteiger partial charge in [0.2, 0.25) is 11.8 Å². The van der Waals surface area contributed by atoms with Crippen molar-refractivity contribution in [3.05, 3.63) is 60.3 Å². The highest BCUT2D eigenvalue weighted by molar-refractivity contribution is 5.96. The fraction of sp³-hybridized carbons (Fsp3) is 0.364. The highest BCUT2D eigenvalue weighted by Gasteiger charge is 2.35. The van der Waals surface area contributed by atoms with Gasteiger partial charge in [0.1, 0.15) is 11.6 Å². The van der Waals surface area contributed by atoms with Crippen molar-refractivity contribution in [2.24, 2.45) is 5.92 Å². The molecule has 1 unspecified atom stereocenters. The van der Waals surface area contributed by atoms with Crippen molar-refractivity contribution < 1.29 is 14.0 Å². The summed E-state index contributed by atoms with van der Waals surface area (Å²) in [6.45, 7) is 6.91. The molecule has 1 aliphatic rings. The zero-order valence-corrected chi connectivity index (χ0v) is 17.3. The fourth-order valence-corrected chi connectivity index (χ4v) is 3.41. The Morgan fingerprint density at radius 3 is 2.77 bits per heavy atom. The highest BCUT2D eigenvalue weighted by Crippen LogP contribution is 2.27. The molecule has 4 heterocycles. The number of pyridine rings is 1. The van der Waals surface area contributed by atoms with Crippen LogP contribution < -0.4 is 5.32 Å². The molecule has 1 fully saturated rings. The average molecular weight is 407 g/mol. The zero-order valence-electron chi connectivity index (χ0n) is 17.3. The molecule has 0 spiro atoms. The van der Waals surface area contributed by atoms with E-state index in [4.69, 9.17) is 4.42 Å². The quantitative estimate of drug-likeness (QED) is 0.701. The standard InChI is InChI=1S/C22H25N5O3/c1-22(2,3)17-12-19(27(25-17)18-8-4-5-9-23-18)24-21(29)15-11-20(28)26(13-15)14-16-7-6-10-30-16/h4-10,12,15H,11,13-14H2,1-3H3,(H,24,29). The van der Waals surface area contributed by atoms with Crippen LogP contribution in [0.15, 0.2) is 53.3 Å². The number of amides is 2. The van der Waals surface area contributed by atoms with Gasteiger partial charge in [-0.25, -0.2) is 4.98 Å². The van der Waals surface area contributed by atoms with Gasteiger partial charge in [0.15, 0.2) is 5.82 Å². The maximum absolute atomic E-state index is 13.0. The highest BCUT2D eigenvalue weighted by atomic mass is 16.3. The van der Waals surface area contributed by atoms with Gasteiger partial charge in [0.05, 0.1) is 24.4 Å². The Labute approximate surface area is 174 Å². The summed E-state index contributed by atoms with van der Waals surface area (Å²) < 4.78 is 6.96. The Kier molecular flexibility index (Phi) is 5.15. The minimum Gasteiger partial charge on any atom is -0.467 e. The number of furan rings is 1. The molecule has 0 aromatic carbocycles. The number of likely N-dealkylation sites (tertiary alicyclic amines) is 1. The van der Waals surface area contributed by atoms with Crippen LogP contribution in [0.3, 0.4) is 0 Å². The first kappa shape index (κ1) is 19.9. The number of nitrogens with zero attached hydrogens (tertiary/aromatic N) is 4. The number of hydrogen-bond donors (Lipinski definition) is 1. The van der Waals surface area contributed by atoms with Gasteiger partial charge in [-0.2, -0.15) is 9.78 Å². The number of hydrogen-bond acceptors (Lipinski definition) is 5. The molecular formula is C22H25N5O3. The Balaban J connectivity index is 1.53. The van der Waals surface area contributed by atoms with Crippen molar-refractivity contribution in [1.82, 2.24) is 19.7 Å². The fourth-order valence-electron chi connectivity index (χ4n) is 3.41. The third-order valence-corrected chi connectivity index (χ3v) is 5.11. The number of carbonyl (C=O) groups is 2. The molecule has 3 aromatic rings. The van der Waals surface area contributed by atoms with Crippen LogP contribution in [0.2, 0.25) is 0 Å². The summed E-state index contributed by atoms with van der Waals surface area (Å²) in [4.78, 5) is 31.3. The smallest absolute Gasteiger partial charge is 0.230 e. The second kappa shape index (κ2) is 7.78. The molecule has 0 saturated carbocycles. The van der Waals surface area contributed by atoms with Crippen molar-refractivity contribution >= 4 is 17.6 Å². The van der Waals surface area contributed by atoms with Gasteiger partial charge >= 0.3 is 0 Å². The molecule has 30 heavy (non-hydrogen) atoms. The van der Waals surface area contributed by atoms with Gasteiger partial charge in [-0.1, -0.05) is 26.8 Å². The molecule has 8 heteroatoms. The Bertz CT molecular complexity index is 1030. The van der Waals surface area contributed by atoms with Crippen LogP contribution in [0, 0.1) is 5.92 Å². The molecule has 0 aliphatic carbocycles. The van der Waals surface area contributed by atoms with Crippen molar-refractivity contribution in [2.75, 3.05) is 11.9 Å². The van der Waals surface area contributed by atoms with Gasteiger partial charge < -0.3 is 14.6 Å². The van der Waals surface area contributed by atoms with E-state index in [-0.39, 0.29) is 23.7 Å². The third kappa shape index (κ3) is 4.12. The average Bonchev–Trinajstić information content (AvgIpc) is 3.43. The first-order valence-electron chi connectivity index (χ1n) is 9.94. The summed E-state index contributed by atoms with van der Waals surface area (Å²) in [5.74, 6) is 1.17. The maximum atomic E-state index is 13.0. The number of aromatic nitrogens is 3. The molecule has 0 radical (unpaired) electrons. The first-order chi connectivity index (χ1) is 14.3. The van der Waals surface area contributed by atoms with Crippen molar-refractivity contribution in [1.29, 1.82) is 0 Å². The Morgan fingerprint density at radius 1 is 1.27 bits per heavy atom. The Hall–Kier alpha value is -3.42. The molecule has 1 atom stereocenters. The van der Waals surface area contributed by atoms with Gasteiger partial charge in [-0.3, -0.25) is 9.59 Å². The van der Waals surface area contributed by atoms with Crippen LogP contribution in [0.25, 0.3) is 5.82 Å². The largest absolute Gasteiger partial charge is 0.467 e. The lowest BCUT2D eigenvalue weighted by Crippen LogP contribution is -2.28. The van der Waals surface area contributed by atoms with Gasteiger partial charge in [-0.05, 0) is 24.3 Å². The summed E-state index contributed by atoms with van der Waals surface area (Å²) >= 11 is 0. The summed E-state index contributed by atoms with van der Waals surface area (Å²) in [7, 11) is 0. The maximum Gasteiger partial charge on any atom is 0.230 e. The van der Waals surface area contributed by atoms with E-state index >= 15 is 0 Å². The van der Waals surface area contributed by atoms with Crippen LogP contribution in [0.1, 0.15) is 38.6 Å². The number of nitrogens with one attached hydrogen (secondary N) is 1. The van der Waals surface area contributed by atoms with E-state index < -0.39 is 5.92 Å². The van der Waals surface area contributed by atoms with Crippen LogP contribution >= 0.6 is 0 Å². The lowest BCUT2D eigenvalue weighted by atomic mass is 9.92. The molecule has 1 N–H and O–H groups in total. The molecule has 8 nitrogen and oxygen atoms in total. The van der Waals surface area contributed by atoms with Crippen molar-refractivity contribution in [3.8, 4) is 5.82 Å². The molecule has 156 valence electrons.